The van der Waals surface area contributed by atoms with E-state index in [2.05, 4.69) is 40.0 Å². The molecule has 2 rings (SSSR count). The van der Waals surface area contributed by atoms with Gasteiger partial charge < -0.3 is 10.1 Å². The van der Waals surface area contributed by atoms with Gasteiger partial charge in [0.1, 0.15) is 5.82 Å². The predicted molar refractivity (Wildman–Crippen MR) is 96.7 cm³/mol. The molecule has 0 aromatic heterocycles. The topological polar surface area (TPSA) is 41.6 Å². The summed E-state index contributed by atoms with van der Waals surface area (Å²) in [5.41, 5.74) is 0.0784. The molecule has 1 N–H and O–H groups in total. The van der Waals surface area contributed by atoms with Crippen molar-refractivity contribution in [2.24, 2.45) is 5.92 Å². The number of rotatable bonds is 7. The summed E-state index contributed by atoms with van der Waals surface area (Å²) in [5.74, 6) is -0.366. The first kappa shape index (κ1) is 19.3. The van der Waals surface area contributed by atoms with Crippen molar-refractivity contribution >= 4 is 21.8 Å². The van der Waals surface area contributed by atoms with Crippen LogP contribution in [0.25, 0.3) is 0 Å². The van der Waals surface area contributed by atoms with Crippen molar-refractivity contribution in [1.82, 2.24) is 10.2 Å². The minimum atomic E-state index is -0.499. The van der Waals surface area contributed by atoms with Crippen LogP contribution in [0.5, 0.6) is 0 Å². The number of carbonyl (C=O) groups excluding carboxylic acids is 1. The monoisotopic (exact) mass is 400 g/mol. The van der Waals surface area contributed by atoms with E-state index in [1.54, 1.807) is 6.07 Å². The lowest BCUT2D eigenvalue weighted by Crippen LogP contribution is -2.52. The lowest BCUT2D eigenvalue weighted by atomic mass is 9.92. The summed E-state index contributed by atoms with van der Waals surface area (Å²) in [4.78, 5) is 14.8. The van der Waals surface area contributed by atoms with E-state index in [1.165, 1.54) is 12.1 Å². The van der Waals surface area contributed by atoms with Crippen LogP contribution < -0.4 is 5.32 Å². The van der Waals surface area contributed by atoms with Crippen LogP contribution in [0.2, 0.25) is 0 Å². The first-order chi connectivity index (χ1) is 11.6. The van der Waals surface area contributed by atoms with Gasteiger partial charge >= 0.3 is 0 Å². The van der Waals surface area contributed by atoms with E-state index in [9.17, 15) is 9.18 Å². The van der Waals surface area contributed by atoms with Gasteiger partial charge in [-0.15, -0.1) is 0 Å². The van der Waals surface area contributed by atoms with Gasteiger partial charge in [-0.1, -0.05) is 42.6 Å². The van der Waals surface area contributed by atoms with E-state index in [4.69, 9.17) is 4.74 Å². The molecule has 1 heterocycles. The van der Waals surface area contributed by atoms with Crippen LogP contribution in [0.4, 0.5) is 4.39 Å². The van der Waals surface area contributed by atoms with Crippen LogP contribution in [0.3, 0.4) is 0 Å². The lowest BCUT2D eigenvalue weighted by molar-refractivity contribution is 0.00190. The van der Waals surface area contributed by atoms with Crippen molar-refractivity contribution in [3.05, 3.63) is 34.1 Å². The van der Waals surface area contributed by atoms with Crippen molar-refractivity contribution in [2.45, 2.75) is 32.7 Å². The van der Waals surface area contributed by atoms with Crippen LogP contribution in [-0.2, 0) is 4.74 Å². The number of nitrogens with one attached hydrogen (secondary N) is 1. The number of amides is 1. The van der Waals surface area contributed by atoms with Crippen LogP contribution >= 0.6 is 15.9 Å². The molecule has 0 radical (unpaired) electrons. The molecule has 0 saturated carbocycles. The lowest BCUT2D eigenvalue weighted by Gasteiger charge is -2.38. The maximum Gasteiger partial charge on any atom is 0.254 e. The summed E-state index contributed by atoms with van der Waals surface area (Å²) in [7, 11) is 0. The van der Waals surface area contributed by atoms with E-state index < -0.39 is 5.82 Å². The number of benzene rings is 1. The zero-order valence-corrected chi connectivity index (χ0v) is 15.9. The standard InChI is InChI=1S/C18H26BrFN2O2/c1-3-13(4-2)17(22-7-9-24-10-8-22)12-21-18(23)15-11-14(19)5-6-16(15)20/h5-6,11,13,17H,3-4,7-10,12H2,1-2H3,(H,21,23). The quantitative estimate of drug-likeness (QED) is 0.761. The summed E-state index contributed by atoms with van der Waals surface area (Å²) < 4.78 is 20.0. The SMILES string of the molecule is CCC(CC)C(CNC(=O)c1cc(Br)ccc1F)N1CCOCC1. The Morgan fingerprint density at radius 1 is 1.33 bits per heavy atom. The van der Waals surface area contributed by atoms with E-state index in [1.807, 2.05) is 0 Å². The Hall–Kier alpha value is -0.980. The first-order valence-corrected chi connectivity index (χ1v) is 9.41. The number of carbonyl (C=O) groups is 1. The molecule has 6 heteroatoms. The number of hydrogen-bond acceptors (Lipinski definition) is 3. The summed E-state index contributed by atoms with van der Waals surface area (Å²) >= 11 is 3.28. The largest absolute Gasteiger partial charge is 0.379 e. The molecule has 0 aliphatic carbocycles. The van der Waals surface area contributed by atoms with E-state index in [0.29, 0.717) is 16.9 Å². The molecule has 1 aliphatic rings. The molecule has 4 nitrogen and oxygen atoms in total. The average molecular weight is 401 g/mol. The predicted octanol–water partition coefficient (Wildman–Crippen LogP) is 3.46. The third-order valence-corrected chi connectivity index (χ3v) is 5.25. The maximum absolute atomic E-state index is 13.9. The van der Waals surface area contributed by atoms with Crippen LogP contribution in [0.1, 0.15) is 37.0 Å². The highest BCUT2D eigenvalue weighted by atomic mass is 79.9. The van der Waals surface area contributed by atoms with Crippen molar-refractivity contribution in [3.8, 4) is 0 Å². The molecule has 1 aromatic carbocycles. The van der Waals surface area contributed by atoms with Gasteiger partial charge in [0, 0.05) is 30.1 Å². The number of hydrogen-bond donors (Lipinski definition) is 1. The average Bonchev–Trinajstić information content (AvgIpc) is 2.61. The zero-order valence-electron chi connectivity index (χ0n) is 14.4. The molecular formula is C18H26BrFN2O2. The van der Waals surface area contributed by atoms with Gasteiger partial charge in [-0.05, 0) is 24.1 Å². The van der Waals surface area contributed by atoms with Crippen LogP contribution in [0, 0.1) is 11.7 Å². The van der Waals surface area contributed by atoms with Gasteiger partial charge in [-0.2, -0.15) is 0 Å². The van der Waals surface area contributed by atoms with Gasteiger partial charge in [-0.3, -0.25) is 9.69 Å². The Labute approximate surface area is 151 Å². The van der Waals surface area contributed by atoms with Gasteiger partial charge in [0.05, 0.1) is 18.8 Å². The second-order valence-corrected chi connectivity index (χ2v) is 7.04. The summed E-state index contributed by atoms with van der Waals surface area (Å²) in [5, 5.41) is 2.93. The summed E-state index contributed by atoms with van der Waals surface area (Å²) in [6, 6.07) is 4.67. The molecule has 1 atom stereocenters. The van der Waals surface area contributed by atoms with Crippen molar-refractivity contribution < 1.29 is 13.9 Å². The van der Waals surface area contributed by atoms with E-state index in [-0.39, 0.29) is 17.5 Å². The van der Waals surface area contributed by atoms with Crippen molar-refractivity contribution in [3.63, 3.8) is 0 Å². The number of halogens is 2. The molecule has 1 aliphatic heterocycles. The summed E-state index contributed by atoms with van der Waals surface area (Å²) in [6.45, 7) is 8.09. The molecule has 0 spiro atoms. The van der Waals surface area contributed by atoms with Crippen LogP contribution in [0.15, 0.2) is 22.7 Å². The molecule has 24 heavy (non-hydrogen) atoms. The van der Waals surface area contributed by atoms with Crippen LogP contribution in [-0.4, -0.2) is 49.7 Å². The first-order valence-electron chi connectivity index (χ1n) is 8.61. The normalized spacial score (nSPS) is 17.0. The number of ether oxygens (including phenoxy) is 1. The maximum atomic E-state index is 13.9. The van der Waals surface area contributed by atoms with Gasteiger partial charge in [0.15, 0.2) is 0 Å². The Morgan fingerprint density at radius 2 is 2.00 bits per heavy atom. The van der Waals surface area contributed by atoms with Gasteiger partial charge in [0.25, 0.3) is 5.91 Å². The fourth-order valence-corrected chi connectivity index (χ4v) is 3.66. The van der Waals surface area contributed by atoms with E-state index in [0.717, 1.165) is 39.1 Å². The van der Waals surface area contributed by atoms with Gasteiger partial charge in [-0.25, -0.2) is 4.39 Å². The third kappa shape index (κ3) is 5.01. The zero-order chi connectivity index (χ0) is 17.5. The number of morpholine rings is 1. The van der Waals surface area contributed by atoms with Gasteiger partial charge in [0.2, 0.25) is 0 Å². The minimum absolute atomic E-state index is 0.0784. The molecule has 1 saturated heterocycles. The highest BCUT2D eigenvalue weighted by Crippen LogP contribution is 2.20. The summed E-state index contributed by atoms with van der Waals surface area (Å²) in [6.07, 6.45) is 2.11. The smallest absolute Gasteiger partial charge is 0.254 e. The molecule has 1 unspecified atom stereocenters. The number of nitrogens with zero attached hydrogens (tertiary/aromatic N) is 1. The molecule has 1 aromatic rings. The molecular weight excluding hydrogens is 375 g/mol. The molecule has 0 bridgehead atoms. The van der Waals surface area contributed by atoms with E-state index >= 15 is 0 Å². The van der Waals surface area contributed by atoms with Crippen molar-refractivity contribution in [1.29, 1.82) is 0 Å². The Balaban J connectivity index is 2.05. The highest BCUT2D eigenvalue weighted by molar-refractivity contribution is 9.10. The second kappa shape index (κ2) is 9.49. The Kier molecular flexibility index (Phi) is 7.65. The Bertz CT molecular complexity index is 546. The second-order valence-electron chi connectivity index (χ2n) is 6.13. The van der Waals surface area contributed by atoms with Crippen molar-refractivity contribution in [2.75, 3.05) is 32.8 Å². The fraction of sp³-hybridized carbons (Fsp3) is 0.611. The Morgan fingerprint density at radius 3 is 2.62 bits per heavy atom. The highest BCUT2D eigenvalue weighted by Gasteiger charge is 2.27. The fourth-order valence-electron chi connectivity index (χ4n) is 3.30. The molecule has 1 fully saturated rings. The third-order valence-electron chi connectivity index (χ3n) is 4.75. The minimum Gasteiger partial charge on any atom is -0.379 e. The molecule has 1 amide bonds. The molecule has 134 valence electrons.